The first-order valence-corrected chi connectivity index (χ1v) is 9.26. The zero-order valence-corrected chi connectivity index (χ0v) is 16.4. The van der Waals surface area contributed by atoms with E-state index in [-0.39, 0.29) is 18.6 Å². The Kier molecular flexibility index (Phi) is 7.66. The zero-order valence-electron chi connectivity index (χ0n) is 14.8. The van der Waals surface area contributed by atoms with Crippen LogP contribution in [0.2, 0.25) is 0 Å². The van der Waals surface area contributed by atoms with Crippen LogP contribution in [0.5, 0.6) is 11.5 Å². The first kappa shape index (κ1) is 20.0. The van der Waals surface area contributed by atoms with Crippen molar-refractivity contribution in [1.82, 2.24) is 5.32 Å². The molecule has 0 aromatic heterocycles. The molecule has 5 nitrogen and oxygen atoms in total. The predicted molar refractivity (Wildman–Crippen MR) is 104 cm³/mol. The summed E-state index contributed by atoms with van der Waals surface area (Å²) in [5.41, 5.74) is 1.53. The van der Waals surface area contributed by atoms with Crippen molar-refractivity contribution >= 4 is 28.1 Å². The Labute approximate surface area is 161 Å². The Morgan fingerprint density at radius 1 is 1.12 bits per heavy atom. The van der Waals surface area contributed by atoms with Crippen molar-refractivity contribution in [2.45, 2.75) is 26.3 Å². The van der Waals surface area contributed by atoms with Crippen LogP contribution in [0.15, 0.2) is 46.9 Å². The van der Waals surface area contributed by atoms with Crippen LogP contribution in [0, 0.1) is 0 Å². The third-order valence-electron chi connectivity index (χ3n) is 3.78. The highest BCUT2D eigenvalue weighted by atomic mass is 79.9. The average Bonchev–Trinajstić information content (AvgIpc) is 2.66. The summed E-state index contributed by atoms with van der Waals surface area (Å²) in [6, 6.07) is 12.6. The summed E-state index contributed by atoms with van der Waals surface area (Å²) in [7, 11) is 0. The van der Waals surface area contributed by atoms with Crippen LogP contribution in [0.25, 0.3) is 0 Å². The van der Waals surface area contributed by atoms with E-state index in [2.05, 4.69) is 21.2 Å². The Hall–Kier alpha value is -2.34. The number of carbonyl (C=O) groups excluding carboxylic acids is 2. The van der Waals surface area contributed by atoms with E-state index in [0.717, 1.165) is 22.7 Å². The fourth-order valence-corrected chi connectivity index (χ4v) is 2.75. The molecule has 0 aliphatic rings. The van der Waals surface area contributed by atoms with Crippen LogP contribution >= 0.6 is 15.9 Å². The van der Waals surface area contributed by atoms with Gasteiger partial charge < -0.3 is 14.8 Å². The Morgan fingerprint density at radius 2 is 1.85 bits per heavy atom. The number of hydrogen-bond donors (Lipinski definition) is 1. The quantitative estimate of drug-likeness (QED) is 0.615. The maximum atomic E-state index is 12.3. The molecule has 0 radical (unpaired) electrons. The molecule has 0 fully saturated rings. The number of carbonyl (C=O) groups is 2. The molecule has 0 aliphatic carbocycles. The highest BCUT2D eigenvalue weighted by molar-refractivity contribution is 9.10. The van der Waals surface area contributed by atoms with E-state index in [9.17, 15) is 9.59 Å². The Morgan fingerprint density at radius 3 is 2.46 bits per heavy atom. The van der Waals surface area contributed by atoms with E-state index in [4.69, 9.17) is 9.47 Å². The minimum Gasteiger partial charge on any atom is -0.490 e. The highest BCUT2D eigenvalue weighted by Crippen LogP contribution is 2.28. The van der Waals surface area contributed by atoms with Crippen LogP contribution in [0.3, 0.4) is 0 Å². The van der Waals surface area contributed by atoms with E-state index in [0.29, 0.717) is 23.7 Å². The molecule has 0 heterocycles. The molecule has 1 amide bonds. The number of aldehydes is 1. The lowest BCUT2D eigenvalue weighted by Crippen LogP contribution is -2.32. The van der Waals surface area contributed by atoms with Gasteiger partial charge in [0.2, 0.25) is 0 Å². The highest BCUT2D eigenvalue weighted by Gasteiger charge is 2.14. The van der Waals surface area contributed by atoms with E-state index in [1.165, 1.54) is 0 Å². The second-order valence-corrected chi connectivity index (χ2v) is 6.54. The van der Waals surface area contributed by atoms with Crippen LogP contribution in [0.1, 0.15) is 42.2 Å². The van der Waals surface area contributed by atoms with Crippen molar-refractivity contribution in [2.75, 3.05) is 13.2 Å². The summed E-state index contributed by atoms with van der Waals surface area (Å²) in [6.45, 7) is 4.16. The molecule has 2 rings (SSSR count). The number of benzene rings is 2. The summed E-state index contributed by atoms with van der Waals surface area (Å²) in [6.07, 6.45) is 1.51. The lowest BCUT2D eigenvalue weighted by Gasteiger charge is -2.18. The summed E-state index contributed by atoms with van der Waals surface area (Å²) in [4.78, 5) is 23.2. The molecule has 0 aliphatic heterocycles. The van der Waals surface area contributed by atoms with Crippen LogP contribution < -0.4 is 14.8 Å². The van der Waals surface area contributed by atoms with Crippen LogP contribution in [0.4, 0.5) is 0 Å². The number of nitrogens with one attached hydrogen (secondary N) is 1. The molecule has 0 bridgehead atoms. The fraction of sp³-hybridized carbons (Fsp3) is 0.300. The number of ether oxygens (including phenoxy) is 2. The largest absolute Gasteiger partial charge is 0.490 e. The smallest absolute Gasteiger partial charge is 0.258 e. The molecule has 26 heavy (non-hydrogen) atoms. The van der Waals surface area contributed by atoms with E-state index >= 15 is 0 Å². The van der Waals surface area contributed by atoms with Crippen molar-refractivity contribution in [3.8, 4) is 11.5 Å². The lowest BCUT2D eigenvalue weighted by molar-refractivity contribution is -0.123. The number of rotatable bonds is 9. The summed E-state index contributed by atoms with van der Waals surface area (Å²) in [5.74, 6) is 0.663. The molecule has 6 heteroatoms. The molecule has 2 aromatic carbocycles. The van der Waals surface area contributed by atoms with Gasteiger partial charge in [0.1, 0.15) is 6.29 Å². The average molecular weight is 420 g/mol. The van der Waals surface area contributed by atoms with Crippen molar-refractivity contribution < 1.29 is 19.1 Å². The van der Waals surface area contributed by atoms with Gasteiger partial charge in [-0.05, 0) is 49.2 Å². The molecule has 0 saturated heterocycles. The standard InChI is InChI=1S/C20H22BrNO4/c1-3-17(15-6-8-16(21)9-7-15)22-20(24)13-26-18-10-5-14(12-23)11-19(18)25-4-2/h5-12,17H,3-4,13H2,1-2H3,(H,22,24)/t17-/m1/s1. The van der Waals surface area contributed by atoms with Gasteiger partial charge in [-0.2, -0.15) is 0 Å². The van der Waals surface area contributed by atoms with Gasteiger partial charge in [-0.15, -0.1) is 0 Å². The predicted octanol–water partition coefficient (Wildman–Crippen LogP) is 4.31. The minimum absolute atomic E-state index is 0.0806. The van der Waals surface area contributed by atoms with Crippen LogP contribution in [-0.2, 0) is 4.79 Å². The van der Waals surface area contributed by atoms with E-state index < -0.39 is 0 Å². The van der Waals surface area contributed by atoms with Crippen molar-refractivity contribution in [3.63, 3.8) is 0 Å². The molecule has 1 N–H and O–H groups in total. The van der Waals surface area contributed by atoms with Crippen molar-refractivity contribution in [3.05, 3.63) is 58.1 Å². The second-order valence-electron chi connectivity index (χ2n) is 5.63. The molecular weight excluding hydrogens is 398 g/mol. The third kappa shape index (κ3) is 5.59. The number of halogens is 1. The minimum atomic E-state index is -0.221. The van der Waals surface area contributed by atoms with Crippen LogP contribution in [-0.4, -0.2) is 25.4 Å². The molecule has 0 spiro atoms. The molecule has 0 unspecified atom stereocenters. The first-order valence-electron chi connectivity index (χ1n) is 8.47. The Balaban J connectivity index is 1.99. The maximum Gasteiger partial charge on any atom is 0.258 e. The van der Waals surface area contributed by atoms with Gasteiger partial charge in [0.05, 0.1) is 12.6 Å². The topological polar surface area (TPSA) is 64.6 Å². The lowest BCUT2D eigenvalue weighted by atomic mass is 10.0. The molecular formula is C20H22BrNO4. The normalized spacial score (nSPS) is 11.5. The van der Waals surface area contributed by atoms with Gasteiger partial charge in [-0.3, -0.25) is 9.59 Å². The van der Waals surface area contributed by atoms with Gasteiger partial charge in [0, 0.05) is 10.0 Å². The molecule has 2 aromatic rings. The van der Waals surface area contributed by atoms with Gasteiger partial charge >= 0.3 is 0 Å². The van der Waals surface area contributed by atoms with Gasteiger partial charge in [0.15, 0.2) is 18.1 Å². The van der Waals surface area contributed by atoms with Gasteiger partial charge in [-0.1, -0.05) is 35.0 Å². The monoisotopic (exact) mass is 419 g/mol. The number of amides is 1. The molecule has 138 valence electrons. The maximum absolute atomic E-state index is 12.3. The third-order valence-corrected chi connectivity index (χ3v) is 4.31. The SMILES string of the molecule is CCOc1cc(C=O)ccc1OCC(=O)N[C@H](CC)c1ccc(Br)cc1. The van der Waals surface area contributed by atoms with E-state index in [1.54, 1.807) is 18.2 Å². The van der Waals surface area contributed by atoms with Crippen molar-refractivity contribution in [2.24, 2.45) is 0 Å². The Bertz CT molecular complexity index is 746. The van der Waals surface area contributed by atoms with Gasteiger partial charge in [-0.25, -0.2) is 0 Å². The molecule has 0 saturated carbocycles. The van der Waals surface area contributed by atoms with Gasteiger partial charge in [0.25, 0.3) is 5.91 Å². The zero-order chi connectivity index (χ0) is 18.9. The van der Waals surface area contributed by atoms with E-state index in [1.807, 2.05) is 38.1 Å². The summed E-state index contributed by atoms with van der Waals surface area (Å²) < 4.78 is 12.1. The fourth-order valence-electron chi connectivity index (χ4n) is 2.48. The molecule has 1 atom stereocenters. The first-order chi connectivity index (χ1) is 12.6. The second kappa shape index (κ2) is 9.97. The number of hydrogen-bond acceptors (Lipinski definition) is 4. The summed E-state index contributed by atoms with van der Waals surface area (Å²) >= 11 is 3.41. The van der Waals surface area contributed by atoms with Crippen molar-refractivity contribution in [1.29, 1.82) is 0 Å². The summed E-state index contributed by atoms with van der Waals surface area (Å²) in [5, 5.41) is 2.97.